The smallest absolute Gasteiger partial charge is 0.319 e. The van der Waals surface area contributed by atoms with Gasteiger partial charge in [-0.15, -0.1) is 0 Å². The minimum absolute atomic E-state index is 0.0543. The molecule has 3 N–H and O–H groups in total. The van der Waals surface area contributed by atoms with Crippen LogP contribution < -0.4 is 16.0 Å². The monoisotopic (exact) mass is 342 g/mol. The zero-order valence-corrected chi connectivity index (χ0v) is 14.5. The fourth-order valence-corrected chi connectivity index (χ4v) is 3.98. The minimum atomic E-state index is -0.152. The first kappa shape index (κ1) is 16.4. The molecule has 1 saturated heterocycles. The molecule has 2 fully saturated rings. The van der Waals surface area contributed by atoms with Crippen LogP contribution in [0.3, 0.4) is 0 Å². The third kappa shape index (κ3) is 3.95. The quantitative estimate of drug-likeness (QED) is 0.788. The van der Waals surface area contributed by atoms with Crippen molar-refractivity contribution in [3.05, 3.63) is 23.8 Å². The molecule has 1 aromatic carbocycles. The second kappa shape index (κ2) is 7.04. The zero-order valence-electron chi connectivity index (χ0n) is 14.5. The average molecular weight is 342 g/mol. The van der Waals surface area contributed by atoms with Crippen molar-refractivity contribution in [2.24, 2.45) is 0 Å². The Morgan fingerprint density at radius 2 is 2.08 bits per heavy atom. The van der Waals surface area contributed by atoms with Crippen LogP contribution in [-0.4, -0.2) is 42.0 Å². The Hall–Kier alpha value is -2.08. The summed E-state index contributed by atoms with van der Waals surface area (Å²) in [6, 6.07) is 6.72. The van der Waals surface area contributed by atoms with E-state index in [1.165, 1.54) is 38.6 Å². The maximum Gasteiger partial charge on any atom is 0.319 e. The molecule has 3 amide bonds. The zero-order chi connectivity index (χ0) is 17.2. The van der Waals surface area contributed by atoms with Crippen molar-refractivity contribution in [1.29, 1.82) is 0 Å². The Morgan fingerprint density at radius 3 is 2.92 bits per heavy atom. The third-order valence-electron chi connectivity index (χ3n) is 5.45. The van der Waals surface area contributed by atoms with Crippen LogP contribution in [0.15, 0.2) is 18.2 Å². The number of nitrogens with one attached hydrogen (secondary N) is 3. The first-order chi connectivity index (χ1) is 12.2. The predicted molar refractivity (Wildman–Crippen MR) is 97.8 cm³/mol. The van der Waals surface area contributed by atoms with Crippen molar-refractivity contribution in [2.45, 2.75) is 57.0 Å². The van der Waals surface area contributed by atoms with E-state index >= 15 is 0 Å². The molecule has 4 rings (SSSR count). The van der Waals surface area contributed by atoms with E-state index in [1.54, 1.807) is 0 Å². The third-order valence-corrected chi connectivity index (χ3v) is 5.45. The number of benzene rings is 1. The van der Waals surface area contributed by atoms with E-state index in [1.807, 2.05) is 18.2 Å². The van der Waals surface area contributed by atoms with Crippen LogP contribution in [0.2, 0.25) is 0 Å². The van der Waals surface area contributed by atoms with Crippen LogP contribution in [0.5, 0.6) is 0 Å². The highest BCUT2D eigenvalue weighted by atomic mass is 16.2. The number of fused-ring (bicyclic) bond motifs is 1. The van der Waals surface area contributed by atoms with Crippen molar-refractivity contribution in [3.63, 3.8) is 0 Å². The van der Waals surface area contributed by atoms with Gasteiger partial charge in [0.15, 0.2) is 0 Å². The molecule has 0 radical (unpaired) electrons. The van der Waals surface area contributed by atoms with E-state index in [2.05, 4.69) is 20.9 Å². The Balaban J connectivity index is 1.30. The number of hydrogen-bond donors (Lipinski definition) is 3. The van der Waals surface area contributed by atoms with Crippen LogP contribution in [-0.2, 0) is 11.2 Å². The molecule has 25 heavy (non-hydrogen) atoms. The molecular formula is C19H26N4O2. The molecule has 1 aliphatic carbocycles. The maximum absolute atomic E-state index is 12.3. The summed E-state index contributed by atoms with van der Waals surface area (Å²) in [4.78, 5) is 26.3. The number of carbonyl (C=O) groups excluding carboxylic acids is 2. The van der Waals surface area contributed by atoms with Gasteiger partial charge in [-0.2, -0.15) is 0 Å². The lowest BCUT2D eigenvalue weighted by Gasteiger charge is -2.36. The van der Waals surface area contributed by atoms with Gasteiger partial charge in [0.2, 0.25) is 5.91 Å². The van der Waals surface area contributed by atoms with E-state index in [0.717, 1.165) is 29.4 Å². The average Bonchev–Trinajstić information content (AvgIpc) is 3.45. The summed E-state index contributed by atoms with van der Waals surface area (Å²) >= 11 is 0. The Labute approximate surface area is 148 Å². The highest BCUT2D eigenvalue weighted by Gasteiger charge is 2.35. The van der Waals surface area contributed by atoms with Gasteiger partial charge >= 0.3 is 6.03 Å². The summed E-state index contributed by atoms with van der Waals surface area (Å²) in [6.07, 6.45) is 7.56. The Morgan fingerprint density at radius 1 is 1.20 bits per heavy atom. The molecule has 1 saturated carbocycles. The van der Waals surface area contributed by atoms with Crippen LogP contribution in [0, 0.1) is 0 Å². The number of anilines is 2. The van der Waals surface area contributed by atoms with Gasteiger partial charge in [-0.1, -0.05) is 6.42 Å². The van der Waals surface area contributed by atoms with Gasteiger partial charge in [0.05, 0.1) is 0 Å². The molecule has 0 spiro atoms. The summed E-state index contributed by atoms with van der Waals surface area (Å²) in [6.45, 7) is 1.89. The summed E-state index contributed by atoms with van der Waals surface area (Å²) in [5, 5.41) is 8.82. The molecule has 2 heterocycles. The lowest BCUT2D eigenvalue weighted by atomic mass is 10.0. The van der Waals surface area contributed by atoms with E-state index in [0.29, 0.717) is 19.0 Å². The number of likely N-dealkylation sites (tertiary alicyclic amines) is 1. The molecule has 0 aromatic heterocycles. The molecule has 1 atom stereocenters. The molecule has 1 unspecified atom stereocenters. The number of piperidine rings is 1. The number of amides is 3. The van der Waals surface area contributed by atoms with Gasteiger partial charge in [-0.3, -0.25) is 9.69 Å². The fourth-order valence-electron chi connectivity index (χ4n) is 3.98. The molecule has 6 heteroatoms. The number of nitrogens with zero attached hydrogens (tertiary/aromatic N) is 1. The van der Waals surface area contributed by atoms with Gasteiger partial charge in [-0.05, 0) is 62.4 Å². The van der Waals surface area contributed by atoms with E-state index in [-0.39, 0.29) is 11.9 Å². The van der Waals surface area contributed by atoms with Crippen molar-refractivity contribution in [3.8, 4) is 0 Å². The molecule has 134 valence electrons. The van der Waals surface area contributed by atoms with E-state index < -0.39 is 0 Å². The van der Waals surface area contributed by atoms with E-state index in [4.69, 9.17) is 0 Å². The van der Waals surface area contributed by atoms with Crippen LogP contribution in [0.4, 0.5) is 16.2 Å². The predicted octanol–water partition coefficient (Wildman–Crippen LogP) is 2.71. The number of hydrogen-bond acceptors (Lipinski definition) is 3. The highest BCUT2D eigenvalue weighted by Crippen LogP contribution is 2.32. The lowest BCUT2D eigenvalue weighted by molar-refractivity contribution is -0.116. The highest BCUT2D eigenvalue weighted by molar-refractivity contribution is 5.95. The second-order valence-electron chi connectivity index (χ2n) is 7.37. The molecular weight excluding hydrogens is 316 g/mol. The van der Waals surface area contributed by atoms with Gasteiger partial charge in [0.25, 0.3) is 0 Å². The molecule has 6 nitrogen and oxygen atoms in total. The van der Waals surface area contributed by atoms with Gasteiger partial charge in [0.1, 0.15) is 0 Å². The summed E-state index contributed by atoms with van der Waals surface area (Å²) in [5.74, 6) is 0.0543. The van der Waals surface area contributed by atoms with E-state index in [9.17, 15) is 9.59 Å². The molecule has 3 aliphatic rings. The number of carbonyl (C=O) groups is 2. The standard InChI is InChI=1S/C19H26N4O2/c24-18-9-4-13-11-14(5-8-17(13)22-18)21-19(25)20-12-16-3-1-2-10-23(16)15-6-7-15/h5,8,11,15-16H,1-4,6-7,9-10,12H2,(H,22,24)(H2,20,21,25). The molecule has 1 aromatic rings. The normalized spacial score (nSPS) is 23.5. The van der Waals surface area contributed by atoms with Gasteiger partial charge in [-0.25, -0.2) is 4.79 Å². The van der Waals surface area contributed by atoms with Crippen molar-refractivity contribution < 1.29 is 9.59 Å². The molecule has 0 bridgehead atoms. The summed E-state index contributed by atoms with van der Waals surface area (Å²) < 4.78 is 0. The number of aryl methyl sites for hydroxylation is 1. The van der Waals surface area contributed by atoms with Crippen molar-refractivity contribution >= 4 is 23.3 Å². The lowest BCUT2D eigenvalue weighted by Crippen LogP contribution is -2.48. The van der Waals surface area contributed by atoms with Crippen LogP contribution in [0.25, 0.3) is 0 Å². The number of rotatable bonds is 4. The SMILES string of the molecule is O=C1CCc2cc(NC(=O)NCC3CCCCN3C3CC3)ccc2N1. The minimum Gasteiger partial charge on any atom is -0.336 e. The first-order valence-corrected chi connectivity index (χ1v) is 9.42. The molecule has 2 aliphatic heterocycles. The topological polar surface area (TPSA) is 73.5 Å². The number of urea groups is 1. The summed E-state index contributed by atoms with van der Waals surface area (Å²) in [7, 11) is 0. The largest absolute Gasteiger partial charge is 0.336 e. The fraction of sp³-hybridized carbons (Fsp3) is 0.579. The van der Waals surface area contributed by atoms with Gasteiger partial charge in [0, 0.05) is 36.4 Å². The van der Waals surface area contributed by atoms with Crippen LogP contribution in [0.1, 0.15) is 44.1 Å². The Kier molecular flexibility index (Phi) is 4.61. The summed E-state index contributed by atoms with van der Waals surface area (Å²) in [5.41, 5.74) is 2.70. The van der Waals surface area contributed by atoms with Crippen molar-refractivity contribution in [2.75, 3.05) is 23.7 Å². The van der Waals surface area contributed by atoms with Gasteiger partial charge < -0.3 is 16.0 Å². The van der Waals surface area contributed by atoms with Crippen molar-refractivity contribution in [1.82, 2.24) is 10.2 Å². The Bertz CT molecular complexity index is 671. The second-order valence-corrected chi connectivity index (χ2v) is 7.37. The maximum atomic E-state index is 12.3. The first-order valence-electron chi connectivity index (χ1n) is 9.42. The van der Waals surface area contributed by atoms with Crippen LogP contribution >= 0.6 is 0 Å².